The van der Waals surface area contributed by atoms with Gasteiger partial charge in [0.15, 0.2) is 0 Å². The Morgan fingerprint density at radius 1 is 1.63 bits per heavy atom. The Morgan fingerprint density at radius 3 is 3.05 bits per heavy atom. The van der Waals surface area contributed by atoms with Gasteiger partial charge in [-0.25, -0.2) is 4.39 Å². The normalized spacial score (nSPS) is 26.3. The second-order valence-electron chi connectivity index (χ2n) is 4.89. The maximum absolute atomic E-state index is 13.5. The predicted molar refractivity (Wildman–Crippen MR) is 67.8 cm³/mol. The average Bonchev–Trinajstić information content (AvgIpc) is 2.72. The fraction of sp³-hybridized carbons (Fsp3) is 0.500. The molecular weight excluding hydrogens is 247 g/mol. The molecule has 0 aromatic heterocycles. The highest BCUT2D eigenvalue weighted by Gasteiger charge is 2.38. The van der Waals surface area contributed by atoms with E-state index >= 15 is 0 Å². The number of hydrogen-bond acceptors (Lipinski definition) is 4. The van der Waals surface area contributed by atoms with E-state index in [1.807, 2.05) is 13.0 Å². The van der Waals surface area contributed by atoms with Crippen LogP contribution in [0.4, 0.5) is 4.39 Å². The van der Waals surface area contributed by atoms with Crippen LogP contribution in [-0.2, 0) is 11.3 Å². The highest BCUT2D eigenvalue weighted by molar-refractivity contribution is 5.33. The molecular formula is C14H17FN2O2. The molecule has 0 bridgehead atoms. The van der Waals surface area contributed by atoms with E-state index < -0.39 is 5.60 Å². The third-order valence-corrected chi connectivity index (χ3v) is 3.58. The molecule has 1 aliphatic rings. The van der Waals surface area contributed by atoms with Gasteiger partial charge in [-0.2, -0.15) is 5.26 Å². The lowest BCUT2D eigenvalue weighted by Gasteiger charge is -2.26. The Bertz CT molecular complexity index is 501. The third kappa shape index (κ3) is 3.10. The van der Waals surface area contributed by atoms with Crippen LogP contribution in [0.1, 0.15) is 24.5 Å². The van der Waals surface area contributed by atoms with Crippen molar-refractivity contribution in [3.63, 3.8) is 0 Å². The van der Waals surface area contributed by atoms with Gasteiger partial charge in [-0.1, -0.05) is 0 Å². The van der Waals surface area contributed by atoms with Crippen LogP contribution in [-0.4, -0.2) is 30.0 Å². The van der Waals surface area contributed by atoms with Crippen molar-refractivity contribution in [3.8, 4) is 6.07 Å². The number of ether oxygens (including phenoxy) is 1. The number of benzene rings is 1. The highest BCUT2D eigenvalue weighted by Crippen LogP contribution is 2.24. The number of nitrogens with one attached hydrogen (secondary N) is 1. The lowest BCUT2D eigenvalue weighted by Crippen LogP contribution is -2.45. The Balaban J connectivity index is 1.94. The first-order valence-corrected chi connectivity index (χ1v) is 6.28. The van der Waals surface area contributed by atoms with Gasteiger partial charge < -0.3 is 15.2 Å². The summed E-state index contributed by atoms with van der Waals surface area (Å²) in [6.07, 6.45) is 0.345. The van der Waals surface area contributed by atoms with Gasteiger partial charge in [0, 0.05) is 31.7 Å². The molecule has 0 aliphatic carbocycles. The predicted octanol–water partition coefficient (Wildman–Crippen LogP) is 1.33. The molecule has 0 amide bonds. The number of hydrogen-bond donors (Lipinski definition) is 2. The van der Waals surface area contributed by atoms with Gasteiger partial charge in [-0.15, -0.1) is 0 Å². The summed E-state index contributed by atoms with van der Waals surface area (Å²) in [5.41, 5.74) is -0.0488. The zero-order chi connectivity index (χ0) is 13.9. The maximum atomic E-state index is 13.5. The topological polar surface area (TPSA) is 65.3 Å². The number of aliphatic hydroxyl groups is 1. The summed E-state index contributed by atoms with van der Waals surface area (Å²) in [6, 6.07) is 6.22. The molecule has 2 atom stereocenters. The molecule has 2 unspecified atom stereocenters. The minimum absolute atomic E-state index is 0.227. The molecule has 2 N–H and O–H groups in total. The summed E-state index contributed by atoms with van der Waals surface area (Å²) in [6.45, 7) is 2.98. The molecule has 0 saturated carbocycles. The van der Waals surface area contributed by atoms with Crippen LogP contribution in [0, 0.1) is 17.1 Å². The van der Waals surface area contributed by atoms with Gasteiger partial charge in [0.05, 0.1) is 17.7 Å². The van der Waals surface area contributed by atoms with Gasteiger partial charge in [0.1, 0.15) is 11.4 Å². The van der Waals surface area contributed by atoms with Crippen molar-refractivity contribution in [2.24, 2.45) is 0 Å². The lowest BCUT2D eigenvalue weighted by atomic mass is 9.96. The summed E-state index contributed by atoms with van der Waals surface area (Å²) >= 11 is 0. The largest absolute Gasteiger partial charge is 0.386 e. The first-order chi connectivity index (χ1) is 9.05. The quantitative estimate of drug-likeness (QED) is 0.861. The highest BCUT2D eigenvalue weighted by atomic mass is 19.1. The molecule has 19 heavy (non-hydrogen) atoms. The standard InChI is InChI=1S/C14H17FN2O2/c1-10-14(18,4-5-19-10)9-17-8-12-6-11(7-16)2-3-13(12)15/h2-3,6,10,17-18H,4-5,8-9H2,1H3. The fourth-order valence-electron chi connectivity index (χ4n) is 2.20. The van der Waals surface area contributed by atoms with E-state index in [2.05, 4.69) is 5.32 Å². The van der Waals surface area contributed by atoms with E-state index in [-0.39, 0.29) is 18.5 Å². The minimum Gasteiger partial charge on any atom is -0.386 e. The molecule has 4 nitrogen and oxygen atoms in total. The lowest BCUT2D eigenvalue weighted by molar-refractivity contribution is -0.0263. The SMILES string of the molecule is CC1OCCC1(O)CNCc1cc(C#N)ccc1F. The Labute approximate surface area is 111 Å². The van der Waals surface area contributed by atoms with Gasteiger partial charge in [0.25, 0.3) is 0 Å². The van der Waals surface area contributed by atoms with Gasteiger partial charge in [-0.05, 0) is 25.1 Å². The van der Waals surface area contributed by atoms with Crippen LogP contribution in [0.15, 0.2) is 18.2 Å². The molecule has 2 rings (SSSR count). The summed E-state index contributed by atoms with van der Waals surface area (Å²) in [5, 5.41) is 22.1. The van der Waals surface area contributed by atoms with Crippen molar-refractivity contribution in [2.75, 3.05) is 13.2 Å². The summed E-state index contributed by atoms with van der Waals surface area (Å²) < 4.78 is 18.9. The van der Waals surface area contributed by atoms with Crippen LogP contribution in [0.2, 0.25) is 0 Å². The van der Waals surface area contributed by atoms with Crippen molar-refractivity contribution >= 4 is 0 Å². The van der Waals surface area contributed by atoms with Gasteiger partial charge in [-0.3, -0.25) is 0 Å². The molecule has 0 spiro atoms. The van der Waals surface area contributed by atoms with E-state index in [9.17, 15) is 9.50 Å². The van der Waals surface area contributed by atoms with Crippen LogP contribution in [0.5, 0.6) is 0 Å². The second kappa shape index (κ2) is 5.66. The Hall–Kier alpha value is -1.48. The van der Waals surface area contributed by atoms with Crippen LogP contribution in [0.25, 0.3) is 0 Å². The van der Waals surface area contributed by atoms with Crippen molar-refractivity contribution in [3.05, 3.63) is 35.1 Å². The molecule has 1 aromatic carbocycles. The average molecular weight is 264 g/mol. The van der Waals surface area contributed by atoms with E-state index in [1.165, 1.54) is 18.2 Å². The number of rotatable bonds is 4. The zero-order valence-corrected chi connectivity index (χ0v) is 10.8. The smallest absolute Gasteiger partial charge is 0.127 e. The monoisotopic (exact) mass is 264 g/mol. The summed E-state index contributed by atoms with van der Waals surface area (Å²) in [7, 11) is 0. The molecule has 1 aliphatic heterocycles. The van der Waals surface area contributed by atoms with E-state index in [4.69, 9.17) is 10.00 Å². The summed E-state index contributed by atoms with van der Waals surface area (Å²) in [5.74, 6) is -0.353. The molecule has 5 heteroatoms. The number of nitrogens with zero attached hydrogens (tertiary/aromatic N) is 1. The third-order valence-electron chi connectivity index (χ3n) is 3.58. The first-order valence-electron chi connectivity index (χ1n) is 6.28. The van der Waals surface area contributed by atoms with Gasteiger partial charge >= 0.3 is 0 Å². The van der Waals surface area contributed by atoms with Crippen molar-refractivity contribution < 1.29 is 14.2 Å². The van der Waals surface area contributed by atoms with Crippen molar-refractivity contribution in [1.82, 2.24) is 5.32 Å². The fourth-order valence-corrected chi connectivity index (χ4v) is 2.20. The van der Waals surface area contributed by atoms with Crippen LogP contribution < -0.4 is 5.32 Å². The zero-order valence-electron chi connectivity index (χ0n) is 10.8. The minimum atomic E-state index is -0.899. The van der Waals surface area contributed by atoms with E-state index in [1.54, 1.807) is 0 Å². The Kier molecular flexibility index (Phi) is 4.15. The maximum Gasteiger partial charge on any atom is 0.127 e. The Morgan fingerprint density at radius 2 is 2.42 bits per heavy atom. The van der Waals surface area contributed by atoms with Crippen LogP contribution >= 0.6 is 0 Å². The van der Waals surface area contributed by atoms with Crippen molar-refractivity contribution in [2.45, 2.75) is 31.6 Å². The second-order valence-corrected chi connectivity index (χ2v) is 4.89. The van der Waals surface area contributed by atoms with Gasteiger partial charge in [0.2, 0.25) is 0 Å². The number of nitriles is 1. The number of halogens is 1. The summed E-state index contributed by atoms with van der Waals surface area (Å²) in [4.78, 5) is 0. The van der Waals surface area contributed by atoms with E-state index in [0.717, 1.165) is 0 Å². The van der Waals surface area contributed by atoms with Crippen molar-refractivity contribution in [1.29, 1.82) is 5.26 Å². The first kappa shape index (κ1) is 13.9. The molecule has 1 saturated heterocycles. The molecule has 102 valence electrons. The molecule has 1 aromatic rings. The molecule has 1 fully saturated rings. The van der Waals surface area contributed by atoms with Crippen LogP contribution in [0.3, 0.4) is 0 Å². The van der Waals surface area contributed by atoms with E-state index in [0.29, 0.717) is 30.7 Å². The molecule has 1 heterocycles. The molecule has 0 radical (unpaired) electrons.